The summed E-state index contributed by atoms with van der Waals surface area (Å²) < 4.78 is 0. The molecule has 0 saturated heterocycles. The first-order valence-corrected chi connectivity index (χ1v) is 4.58. The maximum atomic E-state index is 11.6. The first-order valence-electron chi connectivity index (χ1n) is 4.58. The lowest BCUT2D eigenvalue weighted by Gasteiger charge is -2.31. The number of amides is 1. The van der Waals surface area contributed by atoms with Crippen molar-refractivity contribution in [2.45, 2.75) is 33.3 Å². The highest BCUT2D eigenvalue weighted by molar-refractivity contribution is 5.84. The van der Waals surface area contributed by atoms with Gasteiger partial charge in [0.1, 0.15) is 5.78 Å². The van der Waals surface area contributed by atoms with Crippen LogP contribution in [-0.4, -0.2) is 41.9 Å². The normalized spacial score (nSPS) is 13.6. The Labute approximate surface area is 84.9 Å². The highest BCUT2D eigenvalue weighted by Crippen LogP contribution is 2.25. The molecule has 0 rings (SSSR count). The van der Waals surface area contributed by atoms with Gasteiger partial charge >= 0.3 is 0 Å². The van der Waals surface area contributed by atoms with E-state index >= 15 is 0 Å². The van der Waals surface area contributed by atoms with E-state index in [0.717, 1.165) is 0 Å². The van der Waals surface area contributed by atoms with Crippen LogP contribution in [0.1, 0.15) is 27.2 Å². The molecule has 1 atom stereocenters. The molecule has 0 aromatic heterocycles. The first kappa shape index (κ1) is 13.1. The van der Waals surface area contributed by atoms with Gasteiger partial charge in [-0.2, -0.15) is 0 Å². The van der Waals surface area contributed by atoms with E-state index in [2.05, 4.69) is 0 Å². The van der Waals surface area contributed by atoms with Gasteiger partial charge in [0.25, 0.3) is 0 Å². The van der Waals surface area contributed by atoms with Crippen LogP contribution < -0.4 is 0 Å². The molecule has 0 unspecified atom stereocenters. The van der Waals surface area contributed by atoms with Crippen molar-refractivity contribution in [3.63, 3.8) is 0 Å². The zero-order valence-electron chi connectivity index (χ0n) is 9.50. The Morgan fingerprint density at radius 3 is 2.07 bits per heavy atom. The monoisotopic (exact) mass is 201 g/mol. The minimum atomic E-state index is -0.921. The fraction of sp³-hybridized carbons (Fsp3) is 0.800. The maximum Gasteiger partial charge on any atom is 0.230 e. The molecule has 0 saturated carbocycles. The smallest absolute Gasteiger partial charge is 0.230 e. The molecule has 0 heterocycles. The number of nitrogens with zero attached hydrogens (tertiary/aromatic N) is 1. The van der Waals surface area contributed by atoms with E-state index in [1.54, 1.807) is 27.9 Å². The van der Waals surface area contributed by atoms with Crippen LogP contribution in [0.15, 0.2) is 0 Å². The lowest BCUT2D eigenvalue weighted by molar-refractivity contribution is -0.145. The van der Waals surface area contributed by atoms with E-state index < -0.39 is 11.5 Å². The van der Waals surface area contributed by atoms with Crippen molar-refractivity contribution in [2.24, 2.45) is 5.41 Å². The van der Waals surface area contributed by atoms with Crippen LogP contribution >= 0.6 is 0 Å². The van der Waals surface area contributed by atoms with Gasteiger partial charge in [0, 0.05) is 20.5 Å². The zero-order valence-corrected chi connectivity index (χ0v) is 9.50. The van der Waals surface area contributed by atoms with Gasteiger partial charge in [0.15, 0.2) is 0 Å². The average Bonchev–Trinajstić information content (AvgIpc) is 2.01. The van der Waals surface area contributed by atoms with Crippen molar-refractivity contribution >= 4 is 11.7 Å². The number of carbonyl (C=O) groups excluding carboxylic acids is 2. The van der Waals surface area contributed by atoms with Crippen molar-refractivity contribution in [1.82, 2.24) is 4.90 Å². The fourth-order valence-electron chi connectivity index (χ4n) is 1.25. The number of rotatable bonds is 4. The van der Waals surface area contributed by atoms with Crippen molar-refractivity contribution in [3.8, 4) is 0 Å². The minimum absolute atomic E-state index is 0.0204. The maximum absolute atomic E-state index is 11.6. The number of hydrogen-bond donors (Lipinski definition) is 1. The van der Waals surface area contributed by atoms with Gasteiger partial charge in [-0.05, 0) is 20.8 Å². The summed E-state index contributed by atoms with van der Waals surface area (Å²) in [5.74, 6) is -0.289. The molecule has 0 aliphatic rings. The van der Waals surface area contributed by atoms with E-state index in [4.69, 9.17) is 0 Å². The average molecular weight is 201 g/mol. The van der Waals surface area contributed by atoms with E-state index in [-0.39, 0.29) is 18.1 Å². The molecule has 0 fully saturated rings. The largest absolute Gasteiger partial charge is 0.392 e. The van der Waals surface area contributed by atoms with Crippen molar-refractivity contribution in [2.75, 3.05) is 14.1 Å². The van der Waals surface area contributed by atoms with E-state index in [9.17, 15) is 14.7 Å². The second-order valence-electron chi connectivity index (χ2n) is 4.34. The Hall–Kier alpha value is -0.900. The Bertz CT molecular complexity index is 234. The predicted octanol–water partition coefficient (Wildman–Crippen LogP) is 0.441. The fourth-order valence-corrected chi connectivity index (χ4v) is 1.25. The predicted molar refractivity (Wildman–Crippen MR) is 53.8 cm³/mol. The third-order valence-electron chi connectivity index (χ3n) is 2.27. The molecule has 14 heavy (non-hydrogen) atoms. The summed E-state index contributed by atoms with van der Waals surface area (Å²) in [6.45, 7) is 4.69. The van der Waals surface area contributed by atoms with Gasteiger partial charge in [-0.1, -0.05) is 0 Å². The second kappa shape index (κ2) is 4.55. The van der Waals surface area contributed by atoms with Crippen LogP contribution in [-0.2, 0) is 9.59 Å². The third-order valence-corrected chi connectivity index (χ3v) is 2.27. The van der Waals surface area contributed by atoms with Gasteiger partial charge < -0.3 is 10.0 Å². The Morgan fingerprint density at radius 2 is 1.79 bits per heavy atom. The summed E-state index contributed by atoms with van der Waals surface area (Å²) in [4.78, 5) is 23.9. The van der Waals surface area contributed by atoms with E-state index in [0.29, 0.717) is 0 Å². The minimum Gasteiger partial charge on any atom is -0.392 e. The van der Waals surface area contributed by atoms with Gasteiger partial charge in [0.2, 0.25) is 5.91 Å². The van der Waals surface area contributed by atoms with Crippen LogP contribution in [0, 0.1) is 5.41 Å². The summed E-state index contributed by atoms with van der Waals surface area (Å²) in [6, 6.07) is 0. The molecule has 0 radical (unpaired) electrons. The molecule has 0 aliphatic carbocycles. The summed E-state index contributed by atoms with van der Waals surface area (Å²) >= 11 is 0. The van der Waals surface area contributed by atoms with Crippen LogP contribution in [0.3, 0.4) is 0 Å². The summed E-state index contributed by atoms with van der Waals surface area (Å²) in [5.41, 5.74) is -0.908. The molecular formula is C10H19NO3. The Morgan fingerprint density at radius 1 is 1.36 bits per heavy atom. The van der Waals surface area contributed by atoms with Crippen molar-refractivity contribution in [3.05, 3.63) is 0 Å². The number of hydrogen-bond acceptors (Lipinski definition) is 3. The van der Waals surface area contributed by atoms with Gasteiger partial charge in [-0.3, -0.25) is 9.59 Å². The molecule has 0 aromatic carbocycles. The number of carbonyl (C=O) groups is 2. The lowest BCUT2D eigenvalue weighted by atomic mass is 9.82. The SMILES string of the molecule is CC(=O)C[C@H](O)C(C)(C)C(=O)N(C)C. The number of ketones is 1. The molecule has 1 amide bonds. The molecule has 4 nitrogen and oxygen atoms in total. The first-order chi connectivity index (χ1) is 6.19. The molecule has 1 N–H and O–H groups in total. The molecule has 0 bridgehead atoms. The van der Waals surface area contributed by atoms with Gasteiger partial charge in [-0.25, -0.2) is 0 Å². The lowest BCUT2D eigenvalue weighted by Crippen LogP contribution is -2.44. The van der Waals surface area contributed by atoms with Crippen molar-refractivity contribution < 1.29 is 14.7 Å². The van der Waals surface area contributed by atoms with Gasteiger partial charge in [0.05, 0.1) is 11.5 Å². The molecule has 0 aliphatic heterocycles. The molecule has 4 heteroatoms. The van der Waals surface area contributed by atoms with Gasteiger partial charge in [-0.15, -0.1) is 0 Å². The Kier molecular flexibility index (Phi) is 4.26. The van der Waals surface area contributed by atoms with E-state index in [1.807, 2.05) is 0 Å². The van der Waals surface area contributed by atoms with Crippen molar-refractivity contribution in [1.29, 1.82) is 0 Å². The van der Waals surface area contributed by atoms with Crippen LogP contribution in [0.5, 0.6) is 0 Å². The summed E-state index contributed by atoms with van der Waals surface area (Å²) in [6.07, 6.45) is -0.901. The van der Waals surface area contributed by atoms with Crippen LogP contribution in [0.2, 0.25) is 0 Å². The quantitative estimate of drug-likeness (QED) is 0.718. The third kappa shape index (κ3) is 3.10. The van der Waals surface area contributed by atoms with E-state index in [1.165, 1.54) is 11.8 Å². The zero-order chi connectivity index (χ0) is 11.5. The number of aliphatic hydroxyl groups is 1. The number of Topliss-reactive ketones (excluding diaryl/α,β-unsaturated/α-hetero) is 1. The van der Waals surface area contributed by atoms with Crippen LogP contribution in [0.25, 0.3) is 0 Å². The highest BCUT2D eigenvalue weighted by Gasteiger charge is 2.37. The Balaban J connectivity index is 4.59. The van der Waals surface area contributed by atoms with Crippen LogP contribution in [0.4, 0.5) is 0 Å². The molecule has 82 valence electrons. The number of aliphatic hydroxyl groups excluding tert-OH is 1. The standard InChI is InChI=1S/C10H19NO3/c1-7(12)6-8(13)10(2,3)9(14)11(4)5/h8,13H,6H2,1-5H3/t8-/m0/s1. The molecule has 0 aromatic rings. The highest BCUT2D eigenvalue weighted by atomic mass is 16.3. The summed E-state index contributed by atoms with van der Waals surface area (Å²) in [5, 5.41) is 9.70. The second-order valence-corrected chi connectivity index (χ2v) is 4.34. The molecular weight excluding hydrogens is 182 g/mol. The summed E-state index contributed by atoms with van der Waals surface area (Å²) in [7, 11) is 3.26. The molecule has 0 spiro atoms. The topological polar surface area (TPSA) is 57.6 Å².